The molecular weight excluding hydrogens is 456 g/mol. The third-order valence-electron chi connectivity index (χ3n) is 6.66. The second-order valence-corrected chi connectivity index (χ2v) is 9.47. The Bertz CT molecular complexity index is 1000. The molecule has 0 aliphatic carbocycles. The summed E-state index contributed by atoms with van der Waals surface area (Å²) in [6.07, 6.45) is 11.8. The van der Waals surface area contributed by atoms with Crippen molar-refractivity contribution in [1.82, 2.24) is 10.3 Å². The number of aromatic nitrogens is 1. The Morgan fingerprint density at radius 3 is 2.74 bits per heavy atom. The fraction of sp³-hybridized carbons (Fsp3) is 0.500. The first-order chi connectivity index (χ1) is 16.5. The molecule has 2 saturated heterocycles. The van der Waals surface area contributed by atoms with Gasteiger partial charge in [-0.2, -0.15) is 0 Å². The number of unbranched alkanes of at least 4 members (excludes halogenated alkanes) is 1. The standard InChI is InChI=1S/C26H31ClN2O5/c27-18-11-9-17(10-12-18)6-4-5-15-28-25(32)20-16-33-26(29-20)24-19(21-13-14-22(24)34-21)7-2-1-3-8-23(30)31/h1-2,9-12,16,19,21-22,24H,3-8,13-15H2,(H,28,32)(H,30,31). The van der Waals surface area contributed by atoms with Gasteiger partial charge < -0.3 is 19.6 Å². The summed E-state index contributed by atoms with van der Waals surface area (Å²) in [5, 5.41) is 12.4. The monoisotopic (exact) mass is 486 g/mol. The van der Waals surface area contributed by atoms with E-state index in [1.807, 2.05) is 36.4 Å². The minimum atomic E-state index is -0.794. The Labute approximate surface area is 204 Å². The normalized spacial score (nSPS) is 23.6. The van der Waals surface area contributed by atoms with E-state index in [-0.39, 0.29) is 36.4 Å². The number of fused-ring (bicyclic) bond motifs is 2. The van der Waals surface area contributed by atoms with E-state index < -0.39 is 5.97 Å². The van der Waals surface area contributed by atoms with Gasteiger partial charge in [-0.15, -0.1) is 0 Å². The molecule has 2 aliphatic heterocycles. The van der Waals surface area contributed by atoms with Crippen LogP contribution < -0.4 is 5.32 Å². The van der Waals surface area contributed by atoms with Crippen molar-refractivity contribution in [2.45, 2.75) is 69.5 Å². The zero-order chi connectivity index (χ0) is 23.9. The van der Waals surface area contributed by atoms with Crippen molar-refractivity contribution < 1.29 is 23.8 Å². The molecule has 4 atom stereocenters. The lowest BCUT2D eigenvalue weighted by atomic mass is 9.77. The average molecular weight is 487 g/mol. The van der Waals surface area contributed by atoms with E-state index in [9.17, 15) is 9.59 Å². The number of amides is 1. The largest absolute Gasteiger partial charge is 0.481 e. The zero-order valence-electron chi connectivity index (χ0n) is 19.1. The first-order valence-electron chi connectivity index (χ1n) is 12.0. The highest BCUT2D eigenvalue weighted by atomic mass is 35.5. The van der Waals surface area contributed by atoms with Gasteiger partial charge in [0.15, 0.2) is 5.69 Å². The third-order valence-corrected chi connectivity index (χ3v) is 6.91. The molecule has 8 heteroatoms. The molecular formula is C26H31ClN2O5. The number of ether oxygens (including phenoxy) is 1. The summed E-state index contributed by atoms with van der Waals surface area (Å²) in [7, 11) is 0. The van der Waals surface area contributed by atoms with Gasteiger partial charge in [-0.25, -0.2) is 4.98 Å². The molecule has 7 nitrogen and oxygen atoms in total. The smallest absolute Gasteiger partial charge is 0.303 e. The highest BCUT2D eigenvalue weighted by Crippen LogP contribution is 2.50. The fourth-order valence-corrected chi connectivity index (χ4v) is 5.06. The molecule has 34 heavy (non-hydrogen) atoms. The second kappa shape index (κ2) is 11.7. The zero-order valence-corrected chi connectivity index (χ0v) is 19.9. The van der Waals surface area contributed by atoms with Crippen LogP contribution in [0.25, 0.3) is 0 Å². The van der Waals surface area contributed by atoms with Crippen molar-refractivity contribution in [2.75, 3.05) is 6.54 Å². The number of carbonyl (C=O) groups is 2. The van der Waals surface area contributed by atoms with E-state index in [0.29, 0.717) is 24.6 Å². The van der Waals surface area contributed by atoms with E-state index in [1.54, 1.807) is 0 Å². The number of oxazole rings is 1. The highest BCUT2D eigenvalue weighted by Gasteiger charge is 2.51. The predicted molar refractivity (Wildman–Crippen MR) is 128 cm³/mol. The molecule has 0 radical (unpaired) electrons. The van der Waals surface area contributed by atoms with Crippen LogP contribution in [0.1, 0.15) is 72.8 Å². The number of benzene rings is 1. The van der Waals surface area contributed by atoms with Crippen LogP contribution in [0.5, 0.6) is 0 Å². The number of aliphatic carboxylic acids is 1. The summed E-state index contributed by atoms with van der Waals surface area (Å²) in [5.74, 6) is -0.219. The maximum atomic E-state index is 12.5. The number of nitrogens with zero attached hydrogens (tertiary/aromatic N) is 1. The number of halogens is 1. The van der Waals surface area contributed by atoms with Gasteiger partial charge in [0.2, 0.25) is 5.89 Å². The quantitative estimate of drug-likeness (QED) is 0.317. The van der Waals surface area contributed by atoms with Crippen molar-refractivity contribution in [1.29, 1.82) is 0 Å². The summed E-state index contributed by atoms with van der Waals surface area (Å²) in [6, 6.07) is 7.83. The van der Waals surface area contributed by atoms with Gasteiger partial charge in [-0.05, 0) is 62.6 Å². The Kier molecular flexibility index (Phi) is 8.40. The van der Waals surface area contributed by atoms with E-state index in [0.717, 1.165) is 43.5 Å². The summed E-state index contributed by atoms with van der Waals surface area (Å²) in [5.41, 5.74) is 1.53. The molecule has 182 valence electrons. The summed E-state index contributed by atoms with van der Waals surface area (Å²) in [6.45, 7) is 0.579. The van der Waals surface area contributed by atoms with Crippen LogP contribution >= 0.6 is 11.6 Å². The molecule has 1 aromatic heterocycles. The van der Waals surface area contributed by atoms with Crippen LogP contribution in [-0.4, -0.2) is 40.7 Å². The third kappa shape index (κ3) is 6.27. The Hall–Kier alpha value is -2.64. The van der Waals surface area contributed by atoms with Crippen LogP contribution in [0.2, 0.25) is 5.02 Å². The molecule has 2 aliphatic rings. The summed E-state index contributed by atoms with van der Waals surface area (Å²) >= 11 is 5.91. The molecule has 3 heterocycles. The van der Waals surface area contributed by atoms with Gasteiger partial charge in [0.1, 0.15) is 6.26 Å². The van der Waals surface area contributed by atoms with Gasteiger partial charge in [-0.3, -0.25) is 9.59 Å². The minimum Gasteiger partial charge on any atom is -0.481 e. The number of carbonyl (C=O) groups excluding carboxylic acids is 1. The molecule has 1 amide bonds. The molecule has 0 saturated carbocycles. The maximum Gasteiger partial charge on any atom is 0.303 e. The molecule has 2 bridgehead atoms. The number of carboxylic acid groups (broad SMARTS) is 1. The molecule has 2 fully saturated rings. The molecule has 4 rings (SSSR count). The summed E-state index contributed by atoms with van der Waals surface area (Å²) < 4.78 is 11.9. The second-order valence-electron chi connectivity index (χ2n) is 9.03. The van der Waals surface area contributed by atoms with Gasteiger partial charge >= 0.3 is 5.97 Å². The summed E-state index contributed by atoms with van der Waals surface area (Å²) in [4.78, 5) is 27.7. The highest BCUT2D eigenvalue weighted by molar-refractivity contribution is 6.30. The maximum absolute atomic E-state index is 12.5. The molecule has 1 aromatic carbocycles. The van der Waals surface area contributed by atoms with Crippen LogP contribution in [0.3, 0.4) is 0 Å². The number of hydrogen-bond acceptors (Lipinski definition) is 5. The van der Waals surface area contributed by atoms with E-state index >= 15 is 0 Å². The first-order valence-corrected chi connectivity index (χ1v) is 12.4. The van der Waals surface area contributed by atoms with Crippen molar-refractivity contribution in [3.8, 4) is 0 Å². The average Bonchev–Trinajstić information content (AvgIpc) is 3.56. The van der Waals surface area contributed by atoms with E-state index in [1.165, 1.54) is 11.8 Å². The van der Waals surface area contributed by atoms with E-state index in [4.69, 9.17) is 25.9 Å². The Morgan fingerprint density at radius 1 is 1.15 bits per heavy atom. The SMILES string of the molecule is O=C(O)CCC=CCC1C2CCC(O2)C1c1nc(C(=O)NCCCCc2ccc(Cl)cc2)co1. The number of allylic oxidation sites excluding steroid dienone is 2. The Balaban J connectivity index is 1.25. The number of rotatable bonds is 12. The lowest BCUT2D eigenvalue weighted by Gasteiger charge is -2.24. The minimum absolute atomic E-state index is 0.0174. The lowest BCUT2D eigenvalue weighted by Crippen LogP contribution is -2.26. The lowest BCUT2D eigenvalue weighted by molar-refractivity contribution is -0.136. The van der Waals surface area contributed by atoms with Gasteiger partial charge in [0, 0.05) is 23.9 Å². The van der Waals surface area contributed by atoms with Crippen molar-refractivity contribution in [2.24, 2.45) is 5.92 Å². The predicted octanol–water partition coefficient (Wildman–Crippen LogP) is 5.15. The van der Waals surface area contributed by atoms with E-state index in [2.05, 4.69) is 10.3 Å². The molecule has 2 N–H and O–H groups in total. The van der Waals surface area contributed by atoms with Crippen LogP contribution in [-0.2, 0) is 16.0 Å². The van der Waals surface area contributed by atoms with Crippen molar-refractivity contribution in [3.05, 3.63) is 64.9 Å². The fourth-order valence-electron chi connectivity index (χ4n) is 4.94. The van der Waals surface area contributed by atoms with Crippen LogP contribution in [0.15, 0.2) is 47.1 Å². The van der Waals surface area contributed by atoms with Gasteiger partial charge in [0.05, 0.1) is 18.1 Å². The number of carboxylic acids is 1. The number of nitrogens with one attached hydrogen (secondary N) is 1. The molecule has 4 unspecified atom stereocenters. The molecule has 2 aromatic rings. The topological polar surface area (TPSA) is 102 Å². The number of aryl methyl sites for hydroxylation is 1. The van der Waals surface area contributed by atoms with Crippen molar-refractivity contribution >= 4 is 23.5 Å². The van der Waals surface area contributed by atoms with Gasteiger partial charge in [0.25, 0.3) is 5.91 Å². The first kappa shape index (κ1) is 24.5. The Morgan fingerprint density at radius 2 is 1.94 bits per heavy atom. The number of hydrogen-bond donors (Lipinski definition) is 2. The van der Waals surface area contributed by atoms with Crippen LogP contribution in [0, 0.1) is 5.92 Å². The molecule has 0 spiro atoms. The van der Waals surface area contributed by atoms with Gasteiger partial charge in [-0.1, -0.05) is 35.9 Å². The van der Waals surface area contributed by atoms with Crippen molar-refractivity contribution in [3.63, 3.8) is 0 Å². The van der Waals surface area contributed by atoms with Crippen LogP contribution in [0.4, 0.5) is 0 Å².